The molecule has 1 unspecified atom stereocenters. The van der Waals surface area contributed by atoms with Crippen LogP contribution in [-0.4, -0.2) is 38.1 Å². The fourth-order valence-electron chi connectivity index (χ4n) is 2.64. The SMILES string of the molecule is CCCCCCCCCCC(CCN(C)C)NCCC. The van der Waals surface area contributed by atoms with Crippen molar-refractivity contribution in [2.45, 2.75) is 90.5 Å². The van der Waals surface area contributed by atoms with Gasteiger partial charge in [-0.1, -0.05) is 65.2 Å². The molecule has 0 saturated heterocycles. The normalized spacial score (nSPS) is 13.1. The van der Waals surface area contributed by atoms with Crippen molar-refractivity contribution >= 4 is 0 Å². The zero-order valence-electron chi connectivity index (χ0n) is 14.7. The van der Waals surface area contributed by atoms with Gasteiger partial charge in [-0.3, -0.25) is 0 Å². The maximum atomic E-state index is 3.72. The lowest BCUT2D eigenvalue weighted by Crippen LogP contribution is -2.32. The number of nitrogens with one attached hydrogen (secondary N) is 1. The van der Waals surface area contributed by atoms with Crippen LogP contribution in [0.25, 0.3) is 0 Å². The van der Waals surface area contributed by atoms with E-state index in [4.69, 9.17) is 0 Å². The topological polar surface area (TPSA) is 15.3 Å². The van der Waals surface area contributed by atoms with Crippen LogP contribution in [0.2, 0.25) is 0 Å². The van der Waals surface area contributed by atoms with Crippen molar-refractivity contribution in [3.63, 3.8) is 0 Å². The predicted octanol–water partition coefficient (Wildman–Crippen LogP) is 4.84. The molecule has 0 aliphatic carbocycles. The Morgan fingerprint density at radius 2 is 1.35 bits per heavy atom. The number of hydrogen-bond acceptors (Lipinski definition) is 2. The highest BCUT2D eigenvalue weighted by molar-refractivity contribution is 4.68. The fraction of sp³-hybridized carbons (Fsp3) is 1.00. The maximum absolute atomic E-state index is 3.72. The Bertz CT molecular complexity index is 180. The Balaban J connectivity index is 3.52. The molecular weight excluding hydrogens is 244 g/mol. The minimum absolute atomic E-state index is 0.734. The van der Waals surface area contributed by atoms with Crippen LogP contribution in [0.4, 0.5) is 0 Å². The van der Waals surface area contributed by atoms with Crippen LogP contribution in [0.3, 0.4) is 0 Å². The van der Waals surface area contributed by atoms with Gasteiger partial charge in [0.15, 0.2) is 0 Å². The molecular formula is C18H40N2. The van der Waals surface area contributed by atoms with Gasteiger partial charge in [-0.05, 0) is 46.4 Å². The van der Waals surface area contributed by atoms with Crippen molar-refractivity contribution in [2.24, 2.45) is 0 Å². The van der Waals surface area contributed by atoms with Crippen LogP contribution in [0.1, 0.15) is 84.5 Å². The summed E-state index contributed by atoms with van der Waals surface area (Å²) in [6.45, 7) is 6.93. The third-order valence-corrected chi connectivity index (χ3v) is 4.01. The van der Waals surface area contributed by atoms with Crippen LogP contribution in [0.15, 0.2) is 0 Å². The summed E-state index contributed by atoms with van der Waals surface area (Å²) in [5.74, 6) is 0. The first-order chi connectivity index (χ1) is 9.70. The van der Waals surface area contributed by atoms with Crippen LogP contribution in [0, 0.1) is 0 Å². The molecule has 0 heterocycles. The molecule has 0 aliphatic rings. The van der Waals surface area contributed by atoms with E-state index in [1.807, 2.05) is 0 Å². The minimum atomic E-state index is 0.734. The van der Waals surface area contributed by atoms with Crippen molar-refractivity contribution in [3.05, 3.63) is 0 Å². The molecule has 0 bridgehead atoms. The average molecular weight is 285 g/mol. The Kier molecular flexibility index (Phi) is 15.3. The number of hydrogen-bond donors (Lipinski definition) is 1. The Morgan fingerprint density at radius 1 is 0.750 bits per heavy atom. The van der Waals surface area contributed by atoms with E-state index in [0.717, 1.165) is 6.04 Å². The molecule has 0 aromatic rings. The first-order valence-corrected chi connectivity index (χ1v) is 9.08. The molecule has 122 valence electrons. The zero-order chi connectivity index (χ0) is 15.1. The van der Waals surface area contributed by atoms with Gasteiger partial charge < -0.3 is 10.2 Å². The summed E-state index contributed by atoms with van der Waals surface area (Å²) in [7, 11) is 4.35. The molecule has 20 heavy (non-hydrogen) atoms. The minimum Gasteiger partial charge on any atom is -0.314 e. The summed E-state index contributed by atoms with van der Waals surface area (Å²) in [6.07, 6.45) is 15.3. The predicted molar refractivity (Wildman–Crippen MR) is 92.5 cm³/mol. The number of nitrogens with zero attached hydrogens (tertiary/aromatic N) is 1. The van der Waals surface area contributed by atoms with E-state index in [-0.39, 0.29) is 0 Å². The molecule has 1 N–H and O–H groups in total. The van der Waals surface area contributed by atoms with Gasteiger partial charge in [-0.25, -0.2) is 0 Å². The number of unbranched alkanes of at least 4 members (excludes halogenated alkanes) is 7. The van der Waals surface area contributed by atoms with Gasteiger partial charge in [0.2, 0.25) is 0 Å². The van der Waals surface area contributed by atoms with E-state index in [1.165, 1.54) is 83.7 Å². The van der Waals surface area contributed by atoms with Gasteiger partial charge in [-0.2, -0.15) is 0 Å². The molecule has 0 radical (unpaired) electrons. The second-order valence-corrected chi connectivity index (χ2v) is 6.51. The lowest BCUT2D eigenvalue weighted by Gasteiger charge is -2.20. The van der Waals surface area contributed by atoms with Gasteiger partial charge >= 0.3 is 0 Å². The van der Waals surface area contributed by atoms with E-state index >= 15 is 0 Å². The average Bonchev–Trinajstić information content (AvgIpc) is 2.43. The molecule has 0 amide bonds. The Morgan fingerprint density at radius 3 is 1.90 bits per heavy atom. The van der Waals surface area contributed by atoms with Crippen molar-refractivity contribution in [1.29, 1.82) is 0 Å². The molecule has 0 aromatic heterocycles. The lowest BCUT2D eigenvalue weighted by atomic mass is 10.0. The largest absolute Gasteiger partial charge is 0.314 e. The first-order valence-electron chi connectivity index (χ1n) is 9.08. The highest BCUT2D eigenvalue weighted by atomic mass is 15.1. The summed E-state index contributed by atoms with van der Waals surface area (Å²) < 4.78 is 0. The number of rotatable bonds is 15. The van der Waals surface area contributed by atoms with E-state index in [9.17, 15) is 0 Å². The second-order valence-electron chi connectivity index (χ2n) is 6.51. The lowest BCUT2D eigenvalue weighted by molar-refractivity contribution is 0.343. The Labute approximate surface area is 128 Å². The van der Waals surface area contributed by atoms with Crippen molar-refractivity contribution in [1.82, 2.24) is 10.2 Å². The van der Waals surface area contributed by atoms with E-state index in [0.29, 0.717) is 0 Å². The molecule has 1 atom stereocenters. The summed E-state index contributed by atoms with van der Waals surface area (Å²) in [5.41, 5.74) is 0. The Hall–Kier alpha value is -0.0800. The van der Waals surface area contributed by atoms with Gasteiger partial charge in [0.25, 0.3) is 0 Å². The second kappa shape index (κ2) is 15.3. The van der Waals surface area contributed by atoms with Gasteiger partial charge in [0, 0.05) is 6.04 Å². The van der Waals surface area contributed by atoms with Crippen molar-refractivity contribution in [2.75, 3.05) is 27.2 Å². The zero-order valence-corrected chi connectivity index (χ0v) is 14.7. The summed E-state index contributed by atoms with van der Waals surface area (Å²) >= 11 is 0. The molecule has 2 heteroatoms. The summed E-state index contributed by atoms with van der Waals surface area (Å²) in [4.78, 5) is 2.30. The van der Waals surface area contributed by atoms with Crippen molar-refractivity contribution in [3.8, 4) is 0 Å². The van der Waals surface area contributed by atoms with E-state index in [2.05, 4.69) is 38.2 Å². The molecule has 0 rings (SSSR count). The van der Waals surface area contributed by atoms with Crippen molar-refractivity contribution < 1.29 is 0 Å². The quantitative estimate of drug-likeness (QED) is 0.433. The highest BCUT2D eigenvalue weighted by Gasteiger charge is 2.07. The molecule has 0 aromatic carbocycles. The van der Waals surface area contributed by atoms with Gasteiger partial charge in [-0.15, -0.1) is 0 Å². The van der Waals surface area contributed by atoms with Crippen LogP contribution in [-0.2, 0) is 0 Å². The third kappa shape index (κ3) is 14.3. The fourth-order valence-corrected chi connectivity index (χ4v) is 2.64. The first kappa shape index (κ1) is 19.9. The van der Waals surface area contributed by atoms with Gasteiger partial charge in [0.1, 0.15) is 0 Å². The molecule has 0 aliphatic heterocycles. The third-order valence-electron chi connectivity index (χ3n) is 4.01. The maximum Gasteiger partial charge on any atom is 0.00792 e. The van der Waals surface area contributed by atoms with Crippen LogP contribution in [0.5, 0.6) is 0 Å². The van der Waals surface area contributed by atoms with Crippen LogP contribution >= 0.6 is 0 Å². The van der Waals surface area contributed by atoms with Crippen LogP contribution < -0.4 is 5.32 Å². The molecule has 0 saturated carbocycles. The van der Waals surface area contributed by atoms with E-state index in [1.54, 1.807) is 0 Å². The smallest absolute Gasteiger partial charge is 0.00792 e. The standard InChI is InChI=1S/C18H40N2/c1-5-7-8-9-10-11-12-13-14-18(19-16-6-2)15-17-20(3)4/h18-19H,5-17H2,1-4H3. The summed E-state index contributed by atoms with van der Waals surface area (Å²) in [5, 5.41) is 3.72. The molecule has 2 nitrogen and oxygen atoms in total. The highest BCUT2D eigenvalue weighted by Crippen LogP contribution is 2.12. The summed E-state index contributed by atoms with van der Waals surface area (Å²) in [6, 6.07) is 0.734. The van der Waals surface area contributed by atoms with Gasteiger partial charge in [0.05, 0.1) is 0 Å². The monoisotopic (exact) mass is 284 g/mol. The van der Waals surface area contributed by atoms with E-state index < -0.39 is 0 Å². The molecule has 0 spiro atoms. The molecule has 0 fully saturated rings.